The molecule has 0 N–H and O–H groups in total. The van der Waals surface area contributed by atoms with E-state index in [1.54, 1.807) is 37.3 Å². The summed E-state index contributed by atoms with van der Waals surface area (Å²) in [5.41, 5.74) is 1.25. The molecule has 1 aromatic carbocycles. The summed E-state index contributed by atoms with van der Waals surface area (Å²) in [5, 5.41) is 1.01. The van der Waals surface area contributed by atoms with E-state index in [0.29, 0.717) is 27.1 Å². The van der Waals surface area contributed by atoms with Crippen LogP contribution in [0.15, 0.2) is 47.4 Å². The van der Waals surface area contributed by atoms with Crippen molar-refractivity contribution in [3.8, 4) is 5.75 Å². The first kappa shape index (κ1) is 19.2. The summed E-state index contributed by atoms with van der Waals surface area (Å²) in [7, 11) is 0. The Morgan fingerprint density at radius 3 is 2.67 bits per heavy atom. The number of hydrogen-bond acceptors (Lipinski definition) is 5. The number of halogens is 2. The van der Waals surface area contributed by atoms with E-state index < -0.39 is 12.1 Å². The average Bonchev–Trinajstić information content (AvgIpc) is 2.62. The topological polar surface area (TPSA) is 69.9 Å². The van der Waals surface area contributed by atoms with Crippen molar-refractivity contribution in [1.29, 1.82) is 0 Å². The minimum absolute atomic E-state index is 0.138. The Morgan fingerprint density at radius 2 is 1.93 bits per heavy atom. The molecule has 6 nitrogen and oxygen atoms in total. The molecule has 8 heteroatoms. The summed E-state index contributed by atoms with van der Waals surface area (Å²) in [6.45, 7) is 3.28. The van der Waals surface area contributed by atoms with Crippen molar-refractivity contribution in [1.82, 2.24) is 9.38 Å². The van der Waals surface area contributed by atoms with Gasteiger partial charge in [0.05, 0.1) is 10.7 Å². The van der Waals surface area contributed by atoms with Gasteiger partial charge in [-0.05, 0) is 49.7 Å². The number of pyridine rings is 1. The van der Waals surface area contributed by atoms with Crippen molar-refractivity contribution in [2.45, 2.75) is 26.6 Å². The number of carbonyl (C=O) groups excluding carboxylic acids is 1. The van der Waals surface area contributed by atoms with Crippen molar-refractivity contribution >= 4 is 34.8 Å². The molecule has 0 aliphatic carbocycles. The van der Waals surface area contributed by atoms with E-state index in [2.05, 4.69) is 4.98 Å². The fourth-order valence-electron chi connectivity index (χ4n) is 2.45. The van der Waals surface area contributed by atoms with Crippen molar-refractivity contribution in [2.75, 3.05) is 0 Å². The SMILES string of the molecule is Cc1cc(Cl)ccc1OC(C)C(=O)OCc1cc(=O)n2cc(Cl)ccc2n1. The molecule has 140 valence electrons. The van der Waals surface area contributed by atoms with E-state index in [4.69, 9.17) is 32.7 Å². The number of benzene rings is 1. The summed E-state index contributed by atoms with van der Waals surface area (Å²) < 4.78 is 12.2. The number of esters is 1. The zero-order chi connectivity index (χ0) is 19.6. The third-order valence-electron chi connectivity index (χ3n) is 3.81. The van der Waals surface area contributed by atoms with Gasteiger partial charge in [0.15, 0.2) is 6.10 Å². The lowest BCUT2D eigenvalue weighted by Crippen LogP contribution is -2.26. The van der Waals surface area contributed by atoms with Crippen LogP contribution in [-0.4, -0.2) is 21.5 Å². The lowest BCUT2D eigenvalue weighted by Gasteiger charge is -2.15. The lowest BCUT2D eigenvalue weighted by molar-refractivity contribution is -0.152. The molecule has 1 atom stereocenters. The summed E-state index contributed by atoms with van der Waals surface area (Å²) in [4.78, 5) is 28.6. The van der Waals surface area contributed by atoms with E-state index >= 15 is 0 Å². The smallest absolute Gasteiger partial charge is 0.347 e. The molecule has 0 aliphatic heterocycles. The Morgan fingerprint density at radius 1 is 1.19 bits per heavy atom. The first-order valence-corrected chi connectivity index (χ1v) is 8.86. The number of carbonyl (C=O) groups is 1. The van der Waals surface area contributed by atoms with Gasteiger partial charge in [0.1, 0.15) is 18.0 Å². The van der Waals surface area contributed by atoms with Crippen LogP contribution in [-0.2, 0) is 16.1 Å². The summed E-state index contributed by atoms with van der Waals surface area (Å²) >= 11 is 11.8. The van der Waals surface area contributed by atoms with Gasteiger partial charge in [-0.3, -0.25) is 9.20 Å². The van der Waals surface area contributed by atoms with Crippen molar-refractivity contribution < 1.29 is 14.3 Å². The highest BCUT2D eigenvalue weighted by Crippen LogP contribution is 2.23. The first-order chi connectivity index (χ1) is 12.8. The Bertz CT molecular complexity index is 1070. The quantitative estimate of drug-likeness (QED) is 0.602. The first-order valence-electron chi connectivity index (χ1n) is 8.11. The van der Waals surface area contributed by atoms with E-state index in [-0.39, 0.29) is 12.2 Å². The Kier molecular flexibility index (Phi) is 5.68. The van der Waals surface area contributed by atoms with Gasteiger partial charge in [-0.1, -0.05) is 23.2 Å². The van der Waals surface area contributed by atoms with Crippen LogP contribution in [0.1, 0.15) is 18.2 Å². The average molecular weight is 407 g/mol. The summed E-state index contributed by atoms with van der Waals surface area (Å²) in [6.07, 6.45) is 0.650. The standard InChI is InChI=1S/C19H16Cl2N2O4/c1-11-7-13(20)3-5-16(11)27-12(2)19(25)26-10-15-8-18(24)23-9-14(21)4-6-17(23)22-15/h3-9,12H,10H2,1-2H3. The van der Waals surface area contributed by atoms with Crippen LogP contribution in [0.2, 0.25) is 10.0 Å². The molecule has 27 heavy (non-hydrogen) atoms. The maximum atomic E-state index is 12.2. The molecule has 2 heterocycles. The molecule has 0 saturated carbocycles. The number of nitrogens with zero attached hydrogens (tertiary/aromatic N) is 2. The highest BCUT2D eigenvalue weighted by Gasteiger charge is 2.18. The van der Waals surface area contributed by atoms with Gasteiger partial charge in [-0.2, -0.15) is 0 Å². The Labute approximate surface area is 165 Å². The largest absolute Gasteiger partial charge is 0.479 e. The van der Waals surface area contributed by atoms with E-state index in [1.807, 2.05) is 6.92 Å². The zero-order valence-corrected chi connectivity index (χ0v) is 16.1. The van der Waals surface area contributed by atoms with Gasteiger partial charge in [0, 0.05) is 17.3 Å². The molecule has 1 unspecified atom stereocenters. The molecule has 3 aromatic rings. The lowest BCUT2D eigenvalue weighted by atomic mass is 10.2. The summed E-state index contributed by atoms with van der Waals surface area (Å²) in [5.74, 6) is -0.0229. The molecule has 2 aromatic heterocycles. The second-order valence-electron chi connectivity index (χ2n) is 5.94. The van der Waals surface area contributed by atoms with Crippen LogP contribution in [0.5, 0.6) is 5.75 Å². The van der Waals surface area contributed by atoms with Crippen LogP contribution in [0.25, 0.3) is 5.65 Å². The molecule has 0 spiro atoms. The third-order valence-corrected chi connectivity index (χ3v) is 4.27. The Balaban J connectivity index is 1.67. The fraction of sp³-hybridized carbons (Fsp3) is 0.211. The molecule has 0 aliphatic rings. The zero-order valence-electron chi connectivity index (χ0n) is 14.6. The molecule has 3 rings (SSSR count). The third kappa shape index (κ3) is 4.59. The maximum Gasteiger partial charge on any atom is 0.347 e. The molecule has 0 saturated heterocycles. The van der Waals surface area contributed by atoms with Crippen LogP contribution >= 0.6 is 23.2 Å². The monoisotopic (exact) mass is 406 g/mol. The summed E-state index contributed by atoms with van der Waals surface area (Å²) in [6, 6.07) is 9.66. The number of rotatable bonds is 5. The fourth-order valence-corrected chi connectivity index (χ4v) is 2.83. The van der Waals surface area contributed by atoms with Gasteiger partial charge in [0.2, 0.25) is 0 Å². The van der Waals surface area contributed by atoms with E-state index in [9.17, 15) is 9.59 Å². The molecule has 0 bridgehead atoms. The Hall–Kier alpha value is -2.57. The highest BCUT2D eigenvalue weighted by molar-refractivity contribution is 6.30. The predicted molar refractivity (Wildman–Crippen MR) is 103 cm³/mol. The number of aromatic nitrogens is 2. The molecule has 0 fully saturated rings. The molecular formula is C19H16Cl2N2O4. The van der Waals surface area contributed by atoms with E-state index in [0.717, 1.165) is 5.56 Å². The van der Waals surface area contributed by atoms with E-state index in [1.165, 1.54) is 16.7 Å². The van der Waals surface area contributed by atoms with Gasteiger partial charge < -0.3 is 9.47 Å². The van der Waals surface area contributed by atoms with Crippen molar-refractivity contribution in [3.05, 3.63) is 74.3 Å². The number of hydrogen-bond donors (Lipinski definition) is 0. The minimum atomic E-state index is -0.828. The number of aryl methyl sites for hydroxylation is 1. The molecule has 0 amide bonds. The normalized spacial score (nSPS) is 12.0. The van der Waals surface area contributed by atoms with Crippen LogP contribution < -0.4 is 10.3 Å². The predicted octanol–water partition coefficient (Wildman–Crippen LogP) is 3.82. The highest BCUT2D eigenvalue weighted by atomic mass is 35.5. The van der Waals surface area contributed by atoms with Crippen molar-refractivity contribution in [2.24, 2.45) is 0 Å². The maximum absolute atomic E-state index is 12.2. The van der Waals surface area contributed by atoms with Gasteiger partial charge >= 0.3 is 5.97 Å². The van der Waals surface area contributed by atoms with Crippen molar-refractivity contribution in [3.63, 3.8) is 0 Å². The van der Waals surface area contributed by atoms with Crippen LogP contribution in [0, 0.1) is 6.92 Å². The van der Waals surface area contributed by atoms with Crippen LogP contribution in [0.4, 0.5) is 0 Å². The number of ether oxygens (including phenoxy) is 2. The minimum Gasteiger partial charge on any atom is -0.479 e. The van der Waals surface area contributed by atoms with Gasteiger partial charge in [0.25, 0.3) is 5.56 Å². The molecular weight excluding hydrogens is 391 g/mol. The molecule has 0 radical (unpaired) electrons. The second-order valence-corrected chi connectivity index (χ2v) is 6.81. The van der Waals surface area contributed by atoms with Gasteiger partial charge in [-0.15, -0.1) is 0 Å². The second kappa shape index (κ2) is 7.98. The van der Waals surface area contributed by atoms with Gasteiger partial charge in [-0.25, -0.2) is 9.78 Å². The number of fused-ring (bicyclic) bond motifs is 1. The van der Waals surface area contributed by atoms with Crippen LogP contribution in [0.3, 0.4) is 0 Å².